The van der Waals surface area contributed by atoms with Crippen molar-refractivity contribution in [1.82, 2.24) is 9.55 Å². The Kier molecular flexibility index (Phi) is 4.60. The fraction of sp³-hybridized carbons (Fsp3) is 0.429. The Morgan fingerprint density at radius 1 is 1.45 bits per heavy atom. The summed E-state index contributed by atoms with van der Waals surface area (Å²) in [6.45, 7) is 6.37. The van der Waals surface area contributed by atoms with E-state index in [9.17, 15) is 4.79 Å². The lowest BCUT2D eigenvalue weighted by Gasteiger charge is -2.20. The minimum absolute atomic E-state index is 0.00818. The zero-order valence-corrected chi connectivity index (χ0v) is 13.2. The molecule has 0 fully saturated rings. The van der Waals surface area contributed by atoms with Crippen molar-refractivity contribution in [2.75, 3.05) is 5.75 Å². The third-order valence-corrected chi connectivity index (χ3v) is 4.58. The van der Waals surface area contributed by atoms with E-state index in [1.54, 1.807) is 6.07 Å². The minimum Gasteiger partial charge on any atom is -0.481 e. The first-order valence-electron chi connectivity index (χ1n) is 6.43. The number of aliphatic carboxylic acids is 1. The zero-order chi connectivity index (χ0) is 14.9. The molecular weight excluding hydrogens is 296 g/mol. The van der Waals surface area contributed by atoms with Gasteiger partial charge in [-0.3, -0.25) is 4.79 Å². The largest absolute Gasteiger partial charge is 0.481 e. The van der Waals surface area contributed by atoms with E-state index in [1.807, 2.05) is 12.1 Å². The molecular formula is C14H17ClN2O2S. The van der Waals surface area contributed by atoms with Crippen LogP contribution in [0.25, 0.3) is 11.0 Å². The van der Waals surface area contributed by atoms with Crippen molar-refractivity contribution in [3.05, 3.63) is 23.2 Å². The maximum atomic E-state index is 10.8. The van der Waals surface area contributed by atoms with Crippen LogP contribution in [0.4, 0.5) is 0 Å². The summed E-state index contributed by atoms with van der Waals surface area (Å²) in [7, 11) is 0. The highest BCUT2D eigenvalue weighted by Gasteiger charge is 2.20. The van der Waals surface area contributed by atoms with Gasteiger partial charge in [0.1, 0.15) is 5.52 Å². The van der Waals surface area contributed by atoms with Gasteiger partial charge in [0.05, 0.1) is 16.3 Å². The zero-order valence-electron chi connectivity index (χ0n) is 11.6. The van der Waals surface area contributed by atoms with E-state index in [4.69, 9.17) is 16.7 Å². The lowest BCUT2D eigenvalue weighted by molar-refractivity contribution is -0.133. The van der Waals surface area contributed by atoms with E-state index in [0.29, 0.717) is 16.1 Å². The van der Waals surface area contributed by atoms with Gasteiger partial charge < -0.3 is 9.67 Å². The summed E-state index contributed by atoms with van der Waals surface area (Å²) in [5, 5.41) is 10.2. The number of para-hydroxylation sites is 1. The van der Waals surface area contributed by atoms with Gasteiger partial charge in [0.25, 0.3) is 0 Å². The number of imidazole rings is 1. The molecule has 1 aromatic carbocycles. The standard InChI is InChI=1S/C14H17ClN2O2S/c1-8(2)9(3)17-11-6-4-5-10(15)13(11)16-14(17)20-7-12(18)19/h4-6,8-9H,7H2,1-3H3,(H,18,19). The van der Waals surface area contributed by atoms with Crippen molar-refractivity contribution >= 4 is 40.4 Å². The Balaban J connectivity index is 2.56. The Morgan fingerprint density at radius 2 is 2.15 bits per heavy atom. The summed E-state index contributed by atoms with van der Waals surface area (Å²) < 4.78 is 2.08. The first-order valence-corrected chi connectivity index (χ1v) is 7.79. The number of carbonyl (C=O) groups is 1. The van der Waals surface area contributed by atoms with Gasteiger partial charge in [-0.1, -0.05) is 43.3 Å². The number of rotatable bonds is 5. The molecule has 20 heavy (non-hydrogen) atoms. The van der Waals surface area contributed by atoms with Gasteiger partial charge in [-0.2, -0.15) is 0 Å². The Labute approximate surface area is 127 Å². The highest BCUT2D eigenvalue weighted by Crippen LogP contribution is 2.33. The predicted octanol–water partition coefficient (Wildman–Crippen LogP) is 4.08. The Morgan fingerprint density at radius 3 is 2.75 bits per heavy atom. The number of carboxylic acid groups (broad SMARTS) is 1. The number of nitrogens with zero attached hydrogens (tertiary/aromatic N) is 2. The van der Waals surface area contributed by atoms with Gasteiger partial charge in [-0.15, -0.1) is 0 Å². The molecule has 0 saturated heterocycles. The second kappa shape index (κ2) is 6.06. The molecule has 108 valence electrons. The molecule has 1 atom stereocenters. The molecule has 0 radical (unpaired) electrons. The Bertz CT molecular complexity index is 639. The van der Waals surface area contributed by atoms with Crippen molar-refractivity contribution in [1.29, 1.82) is 0 Å². The van der Waals surface area contributed by atoms with Gasteiger partial charge in [-0.05, 0) is 25.0 Å². The van der Waals surface area contributed by atoms with Crippen molar-refractivity contribution < 1.29 is 9.90 Å². The third-order valence-electron chi connectivity index (χ3n) is 3.34. The number of hydrogen-bond donors (Lipinski definition) is 1. The molecule has 1 N–H and O–H groups in total. The van der Waals surface area contributed by atoms with E-state index >= 15 is 0 Å². The van der Waals surface area contributed by atoms with Crippen LogP contribution in [-0.4, -0.2) is 26.4 Å². The smallest absolute Gasteiger partial charge is 0.313 e. The summed E-state index contributed by atoms with van der Waals surface area (Å²) in [6, 6.07) is 5.88. The van der Waals surface area contributed by atoms with Crippen LogP contribution < -0.4 is 0 Å². The highest BCUT2D eigenvalue weighted by atomic mass is 35.5. The summed E-state index contributed by atoms with van der Waals surface area (Å²) in [4.78, 5) is 15.3. The molecule has 0 amide bonds. The quantitative estimate of drug-likeness (QED) is 0.845. The van der Waals surface area contributed by atoms with E-state index < -0.39 is 5.97 Å². The van der Waals surface area contributed by atoms with Crippen LogP contribution in [0, 0.1) is 5.92 Å². The monoisotopic (exact) mass is 312 g/mol. The molecule has 0 aliphatic rings. The Hall–Kier alpha value is -1.20. The number of hydrogen-bond acceptors (Lipinski definition) is 3. The summed E-state index contributed by atoms with van der Waals surface area (Å²) >= 11 is 7.42. The van der Waals surface area contributed by atoms with Crippen molar-refractivity contribution in [2.45, 2.75) is 32.0 Å². The van der Waals surface area contributed by atoms with Crippen LogP contribution >= 0.6 is 23.4 Å². The lowest BCUT2D eigenvalue weighted by Crippen LogP contribution is -2.13. The number of fused-ring (bicyclic) bond motifs is 1. The van der Waals surface area contributed by atoms with Crippen LogP contribution in [0.15, 0.2) is 23.4 Å². The minimum atomic E-state index is -0.850. The third kappa shape index (κ3) is 2.94. The van der Waals surface area contributed by atoms with Crippen molar-refractivity contribution in [2.24, 2.45) is 5.92 Å². The van der Waals surface area contributed by atoms with Crippen molar-refractivity contribution in [3.8, 4) is 0 Å². The van der Waals surface area contributed by atoms with E-state index in [-0.39, 0.29) is 11.8 Å². The van der Waals surface area contributed by atoms with Gasteiger partial charge in [-0.25, -0.2) is 4.98 Å². The number of aromatic nitrogens is 2. The van der Waals surface area contributed by atoms with Crippen LogP contribution in [0.1, 0.15) is 26.8 Å². The molecule has 0 aliphatic carbocycles. The average molecular weight is 313 g/mol. The van der Waals surface area contributed by atoms with Gasteiger partial charge >= 0.3 is 5.97 Å². The molecule has 0 saturated carbocycles. The summed E-state index contributed by atoms with van der Waals surface area (Å²) in [6.07, 6.45) is 0. The molecule has 0 bridgehead atoms. The number of carboxylic acids is 1. The average Bonchev–Trinajstić information content (AvgIpc) is 2.75. The van der Waals surface area contributed by atoms with Gasteiger partial charge in [0.2, 0.25) is 0 Å². The molecule has 2 rings (SSSR count). The summed E-state index contributed by atoms with van der Waals surface area (Å²) in [5.74, 6) is -0.446. The fourth-order valence-electron chi connectivity index (χ4n) is 1.98. The maximum Gasteiger partial charge on any atom is 0.313 e. The number of benzene rings is 1. The first kappa shape index (κ1) is 15.2. The van der Waals surface area contributed by atoms with Gasteiger partial charge in [0.15, 0.2) is 5.16 Å². The van der Waals surface area contributed by atoms with Gasteiger partial charge in [0, 0.05) is 6.04 Å². The number of thioether (sulfide) groups is 1. The molecule has 0 aliphatic heterocycles. The molecule has 0 spiro atoms. The normalized spacial score (nSPS) is 13.1. The molecule has 2 aromatic rings. The van der Waals surface area contributed by atoms with E-state index in [1.165, 1.54) is 11.8 Å². The van der Waals surface area contributed by atoms with Crippen LogP contribution in [0.3, 0.4) is 0 Å². The van der Waals surface area contributed by atoms with Crippen LogP contribution in [0.5, 0.6) is 0 Å². The fourth-order valence-corrected chi connectivity index (χ4v) is 3.01. The van der Waals surface area contributed by atoms with Crippen LogP contribution in [0.2, 0.25) is 5.02 Å². The second-order valence-electron chi connectivity index (χ2n) is 5.04. The van der Waals surface area contributed by atoms with E-state index in [2.05, 4.69) is 30.3 Å². The molecule has 1 heterocycles. The number of halogens is 1. The predicted molar refractivity (Wildman–Crippen MR) is 82.7 cm³/mol. The maximum absolute atomic E-state index is 10.8. The van der Waals surface area contributed by atoms with Crippen molar-refractivity contribution in [3.63, 3.8) is 0 Å². The second-order valence-corrected chi connectivity index (χ2v) is 6.39. The molecule has 4 nitrogen and oxygen atoms in total. The highest BCUT2D eigenvalue weighted by molar-refractivity contribution is 7.99. The van der Waals surface area contributed by atoms with Crippen LogP contribution in [-0.2, 0) is 4.79 Å². The molecule has 1 aromatic heterocycles. The SMILES string of the molecule is CC(C)C(C)n1c(SCC(=O)O)nc2c(Cl)cccc21. The lowest BCUT2D eigenvalue weighted by atomic mass is 10.1. The first-order chi connectivity index (χ1) is 9.41. The van der Waals surface area contributed by atoms with E-state index in [0.717, 1.165) is 11.0 Å². The molecule has 6 heteroatoms. The topological polar surface area (TPSA) is 55.1 Å². The summed E-state index contributed by atoms with van der Waals surface area (Å²) in [5.41, 5.74) is 1.68. The molecule has 1 unspecified atom stereocenters.